The third-order valence-electron chi connectivity index (χ3n) is 3.85. The minimum atomic E-state index is -0.00142. The summed E-state index contributed by atoms with van der Waals surface area (Å²) < 4.78 is 10.5. The second kappa shape index (κ2) is 8.70. The zero-order valence-electron chi connectivity index (χ0n) is 13.5. The molecule has 0 bridgehead atoms. The monoisotopic (exact) mass is 307 g/mol. The van der Waals surface area contributed by atoms with Crippen molar-refractivity contribution >= 4 is 5.91 Å². The SMILES string of the molecule is CCN1CCCN(C(=O)c2cccnc2OCCOC)CC1. The van der Waals surface area contributed by atoms with Crippen LogP contribution >= 0.6 is 0 Å². The Labute approximate surface area is 132 Å². The van der Waals surface area contributed by atoms with Crippen molar-refractivity contribution in [3.8, 4) is 5.88 Å². The quantitative estimate of drug-likeness (QED) is 0.741. The number of pyridine rings is 1. The first-order chi connectivity index (χ1) is 10.8. The van der Waals surface area contributed by atoms with E-state index >= 15 is 0 Å². The number of hydrogen-bond donors (Lipinski definition) is 0. The lowest BCUT2D eigenvalue weighted by Gasteiger charge is -2.22. The summed E-state index contributed by atoms with van der Waals surface area (Å²) in [5, 5.41) is 0. The van der Waals surface area contributed by atoms with Gasteiger partial charge in [-0.1, -0.05) is 6.92 Å². The fraction of sp³-hybridized carbons (Fsp3) is 0.625. The van der Waals surface area contributed by atoms with Gasteiger partial charge in [0.15, 0.2) is 0 Å². The molecule has 1 aromatic heterocycles. The second-order valence-corrected chi connectivity index (χ2v) is 5.28. The van der Waals surface area contributed by atoms with E-state index < -0.39 is 0 Å². The van der Waals surface area contributed by atoms with Crippen molar-refractivity contribution in [1.82, 2.24) is 14.8 Å². The van der Waals surface area contributed by atoms with E-state index in [0.29, 0.717) is 24.7 Å². The summed E-state index contributed by atoms with van der Waals surface area (Å²) in [7, 11) is 1.62. The van der Waals surface area contributed by atoms with E-state index in [-0.39, 0.29) is 5.91 Å². The lowest BCUT2D eigenvalue weighted by atomic mass is 10.2. The van der Waals surface area contributed by atoms with Gasteiger partial charge in [-0.25, -0.2) is 4.98 Å². The van der Waals surface area contributed by atoms with Gasteiger partial charge in [0.25, 0.3) is 5.91 Å². The van der Waals surface area contributed by atoms with Gasteiger partial charge < -0.3 is 19.3 Å². The molecule has 0 saturated carbocycles. The summed E-state index contributed by atoms with van der Waals surface area (Å²) in [4.78, 5) is 21.2. The average Bonchev–Trinajstić information content (AvgIpc) is 2.80. The molecule has 2 rings (SSSR count). The molecular weight excluding hydrogens is 282 g/mol. The van der Waals surface area contributed by atoms with Crippen molar-refractivity contribution in [3.05, 3.63) is 23.9 Å². The zero-order valence-corrected chi connectivity index (χ0v) is 13.5. The van der Waals surface area contributed by atoms with Gasteiger partial charge >= 0.3 is 0 Å². The Bertz CT molecular complexity index is 481. The maximum absolute atomic E-state index is 12.8. The number of rotatable bonds is 6. The van der Waals surface area contributed by atoms with Crippen molar-refractivity contribution < 1.29 is 14.3 Å². The summed E-state index contributed by atoms with van der Waals surface area (Å²) in [5.41, 5.74) is 0.531. The van der Waals surface area contributed by atoms with Crippen molar-refractivity contribution in [2.75, 3.05) is 53.0 Å². The number of amides is 1. The van der Waals surface area contributed by atoms with Gasteiger partial charge in [0.1, 0.15) is 12.2 Å². The minimum absolute atomic E-state index is 0.00142. The highest BCUT2D eigenvalue weighted by molar-refractivity contribution is 5.96. The van der Waals surface area contributed by atoms with Gasteiger partial charge in [-0.15, -0.1) is 0 Å². The molecule has 1 fully saturated rings. The van der Waals surface area contributed by atoms with Crippen LogP contribution in [0.2, 0.25) is 0 Å². The molecule has 1 saturated heterocycles. The highest BCUT2D eigenvalue weighted by Crippen LogP contribution is 2.18. The Morgan fingerprint density at radius 1 is 1.27 bits per heavy atom. The third-order valence-corrected chi connectivity index (χ3v) is 3.85. The van der Waals surface area contributed by atoms with Crippen molar-refractivity contribution in [2.45, 2.75) is 13.3 Å². The van der Waals surface area contributed by atoms with Crippen LogP contribution in [0.3, 0.4) is 0 Å². The molecule has 22 heavy (non-hydrogen) atoms. The third kappa shape index (κ3) is 4.42. The molecule has 0 atom stereocenters. The van der Waals surface area contributed by atoms with Crippen molar-refractivity contribution in [1.29, 1.82) is 0 Å². The van der Waals surface area contributed by atoms with Crippen LogP contribution in [0.5, 0.6) is 5.88 Å². The molecule has 1 amide bonds. The van der Waals surface area contributed by atoms with E-state index in [4.69, 9.17) is 9.47 Å². The van der Waals surface area contributed by atoms with Crippen LogP contribution < -0.4 is 4.74 Å². The zero-order chi connectivity index (χ0) is 15.8. The number of nitrogens with zero attached hydrogens (tertiary/aromatic N) is 3. The number of ether oxygens (including phenoxy) is 2. The molecule has 0 N–H and O–H groups in total. The van der Waals surface area contributed by atoms with E-state index in [1.807, 2.05) is 4.90 Å². The van der Waals surface area contributed by atoms with E-state index in [1.165, 1.54) is 0 Å². The summed E-state index contributed by atoms with van der Waals surface area (Å²) in [5.74, 6) is 0.389. The topological polar surface area (TPSA) is 54.9 Å². The largest absolute Gasteiger partial charge is 0.475 e. The number of hydrogen-bond acceptors (Lipinski definition) is 5. The summed E-state index contributed by atoms with van der Waals surface area (Å²) in [6.45, 7) is 7.53. The molecule has 1 aromatic rings. The Balaban J connectivity index is 2.05. The van der Waals surface area contributed by atoms with Crippen LogP contribution in [-0.4, -0.2) is 73.7 Å². The van der Waals surface area contributed by atoms with E-state index in [2.05, 4.69) is 16.8 Å². The molecule has 2 heterocycles. The van der Waals surface area contributed by atoms with Gasteiger partial charge in [0.2, 0.25) is 5.88 Å². The van der Waals surface area contributed by atoms with Gasteiger partial charge in [-0.3, -0.25) is 4.79 Å². The van der Waals surface area contributed by atoms with Gasteiger partial charge in [0, 0.05) is 32.9 Å². The minimum Gasteiger partial charge on any atom is -0.475 e. The van der Waals surface area contributed by atoms with Crippen LogP contribution in [0.4, 0.5) is 0 Å². The second-order valence-electron chi connectivity index (χ2n) is 5.28. The molecule has 6 heteroatoms. The molecule has 0 spiro atoms. The molecule has 1 aliphatic rings. The normalized spacial score (nSPS) is 16.4. The summed E-state index contributed by atoms with van der Waals surface area (Å²) >= 11 is 0. The van der Waals surface area contributed by atoms with E-state index in [0.717, 1.165) is 39.1 Å². The average molecular weight is 307 g/mol. The van der Waals surface area contributed by atoms with Gasteiger partial charge in [-0.2, -0.15) is 0 Å². The molecule has 6 nitrogen and oxygen atoms in total. The summed E-state index contributed by atoms with van der Waals surface area (Å²) in [6.07, 6.45) is 2.64. The van der Waals surface area contributed by atoms with Gasteiger partial charge in [-0.05, 0) is 31.6 Å². The van der Waals surface area contributed by atoms with Gasteiger partial charge in [0.05, 0.1) is 6.61 Å². The first kappa shape index (κ1) is 16.7. The van der Waals surface area contributed by atoms with E-state index in [9.17, 15) is 4.79 Å². The predicted octanol–water partition coefficient (Wildman–Crippen LogP) is 1.27. The maximum Gasteiger partial charge on any atom is 0.259 e. The Morgan fingerprint density at radius 2 is 2.14 bits per heavy atom. The fourth-order valence-electron chi connectivity index (χ4n) is 2.55. The first-order valence-electron chi connectivity index (χ1n) is 7.84. The van der Waals surface area contributed by atoms with Crippen LogP contribution in [0, 0.1) is 0 Å². The molecular formula is C16H25N3O3. The first-order valence-corrected chi connectivity index (χ1v) is 7.84. The van der Waals surface area contributed by atoms with Crippen LogP contribution in [0.15, 0.2) is 18.3 Å². The Hall–Kier alpha value is -1.66. The highest BCUT2D eigenvalue weighted by atomic mass is 16.5. The van der Waals surface area contributed by atoms with Crippen LogP contribution in [0.25, 0.3) is 0 Å². The van der Waals surface area contributed by atoms with Crippen molar-refractivity contribution in [3.63, 3.8) is 0 Å². The number of methoxy groups -OCH3 is 1. The Kier molecular flexibility index (Phi) is 6.61. The van der Waals surface area contributed by atoms with E-state index in [1.54, 1.807) is 25.4 Å². The fourth-order valence-corrected chi connectivity index (χ4v) is 2.55. The molecule has 0 aliphatic carbocycles. The molecule has 1 aliphatic heterocycles. The number of carbonyl (C=O) groups excluding carboxylic acids is 1. The molecule has 0 unspecified atom stereocenters. The summed E-state index contributed by atoms with van der Waals surface area (Å²) in [6, 6.07) is 3.55. The number of likely N-dealkylation sites (N-methyl/N-ethyl adjacent to an activating group) is 1. The molecule has 122 valence electrons. The highest BCUT2D eigenvalue weighted by Gasteiger charge is 2.22. The number of carbonyl (C=O) groups is 1. The number of aromatic nitrogens is 1. The maximum atomic E-state index is 12.8. The van der Waals surface area contributed by atoms with Crippen LogP contribution in [0.1, 0.15) is 23.7 Å². The molecule has 0 aromatic carbocycles. The molecule has 0 radical (unpaired) electrons. The smallest absolute Gasteiger partial charge is 0.259 e. The van der Waals surface area contributed by atoms with Crippen molar-refractivity contribution in [2.24, 2.45) is 0 Å². The van der Waals surface area contributed by atoms with Crippen LogP contribution in [-0.2, 0) is 4.74 Å². The lowest BCUT2D eigenvalue weighted by molar-refractivity contribution is 0.0753. The standard InChI is InChI=1S/C16H25N3O3/c1-3-18-8-5-9-19(11-10-18)16(20)14-6-4-7-17-15(14)22-13-12-21-2/h4,6-7H,3,5,8-13H2,1-2H3. The Morgan fingerprint density at radius 3 is 2.91 bits per heavy atom. The lowest BCUT2D eigenvalue weighted by Crippen LogP contribution is -2.35. The predicted molar refractivity (Wildman–Crippen MR) is 84.2 cm³/mol.